The lowest BCUT2D eigenvalue weighted by Gasteiger charge is -2.40. The topological polar surface area (TPSA) is 169 Å². The first-order valence-electron chi connectivity index (χ1n) is 26.3. The maximum absolute atomic E-state index is 13.0. The Bertz CT molecular complexity index is 942. The number of hydrogen-bond donors (Lipinski definition) is 7. The Labute approximate surface area is 375 Å². The van der Waals surface area contributed by atoms with Crippen molar-refractivity contribution in [2.45, 2.75) is 307 Å². The van der Waals surface area contributed by atoms with Gasteiger partial charge in [0.1, 0.15) is 30.5 Å². The molecule has 1 amide bonds. The van der Waals surface area contributed by atoms with Crippen molar-refractivity contribution in [1.29, 1.82) is 0 Å². The summed E-state index contributed by atoms with van der Waals surface area (Å²) < 4.78 is 11.2. The highest BCUT2D eigenvalue weighted by atomic mass is 16.7. The van der Waals surface area contributed by atoms with Gasteiger partial charge in [-0.2, -0.15) is 0 Å². The molecule has 1 rings (SSSR count). The van der Waals surface area contributed by atoms with Gasteiger partial charge in [0.25, 0.3) is 0 Å². The van der Waals surface area contributed by atoms with E-state index in [4.69, 9.17) is 9.47 Å². The number of hydrogen-bond acceptors (Lipinski definition) is 9. The summed E-state index contributed by atoms with van der Waals surface area (Å²) in [5, 5.41) is 65.2. The molecule has 1 saturated heterocycles. The highest BCUT2D eigenvalue weighted by Gasteiger charge is 2.44. The predicted molar refractivity (Wildman–Crippen MR) is 250 cm³/mol. The van der Waals surface area contributed by atoms with Crippen LogP contribution in [0.2, 0.25) is 0 Å². The summed E-state index contributed by atoms with van der Waals surface area (Å²) in [4.78, 5) is 13.0. The van der Waals surface area contributed by atoms with Gasteiger partial charge in [-0.15, -0.1) is 0 Å². The Hall–Kier alpha value is -0.850. The molecular weight excluding hydrogens is 771 g/mol. The molecule has 0 aromatic rings. The van der Waals surface area contributed by atoms with Gasteiger partial charge in [0.2, 0.25) is 5.91 Å². The molecule has 0 aromatic heterocycles. The summed E-state index contributed by atoms with van der Waals surface area (Å²) in [6, 6.07) is -0.984. The molecule has 1 fully saturated rings. The van der Waals surface area contributed by atoms with E-state index in [-0.39, 0.29) is 18.9 Å². The van der Waals surface area contributed by atoms with Crippen LogP contribution in [0.1, 0.15) is 258 Å². The molecule has 0 spiro atoms. The maximum Gasteiger partial charge on any atom is 0.220 e. The summed E-state index contributed by atoms with van der Waals surface area (Å²) in [6.07, 6.45) is 37.0. The van der Waals surface area contributed by atoms with Gasteiger partial charge in [-0.25, -0.2) is 0 Å². The van der Waals surface area contributed by atoms with Gasteiger partial charge >= 0.3 is 0 Å². The summed E-state index contributed by atoms with van der Waals surface area (Å²) in [5.74, 6) is -0.252. The van der Waals surface area contributed by atoms with E-state index in [0.29, 0.717) is 6.42 Å². The number of rotatable bonds is 45. The molecule has 0 radical (unpaired) electrons. The first kappa shape index (κ1) is 58.2. The fourth-order valence-electron chi connectivity index (χ4n) is 8.79. The highest BCUT2D eigenvalue weighted by molar-refractivity contribution is 5.76. The number of unbranched alkanes of at least 4 members (excludes halogenated alkanes) is 34. The standard InChI is InChI=1S/C51H101NO9/c1-3-5-7-9-11-13-15-16-17-18-19-20-21-22-23-24-25-26-27-28-30-32-34-36-38-40-46(55)52-43(42-60-51-50(59)49(58)48(57)45(41-53)61-51)47(56)44(54)39-37-35-33-31-29-14-12-10-8-6-4-2/h43-45,47-51,53-54,56-59H,3-42H2,1-2H3,(H,52,55)/t43-,44+,45+,47-,48-,49?,50?,51+/m0/s1. The molecule has 0 bridgehead atoms. The lowest BCUT2D eigenvalue weighted by molar-refractivity contribution is -0.303. The SMILES string of the molecule is CCCCCCCCCCCCCCCCCCCCCCCCCCCC(=O)N[C@@H](CO[C@@H]1O[C@H](CO)[C@H](O)C(O)C1O)[C@H](O)[C@H](O)CCCCCCCCCCCCC. The summed E-state index contributed by atoms with van der Waals surface area (Å²) in [6.45, 7) is 3.62. The lowest BCUT2D eigenvalue weighted by Crippen LogP contribution is -2.60. The van der Waals surface area contributed by atoms with E-state index in [0.717, 1.165) is 44.9 Å². The molecule has 10 nitrogen and oxygen atoms in total. The molecule has 61 heavy (non-hydrogen) atoms. The fraction of sp³-hybridized carbons (Fsp3) is 0.980. The maximum atomic E-state index is 13.0. The molecule has 1 aliphatic rings. The van der Waals surface area contributed by atoms with Crippen LogP contribution in [-0.4, -0.2) is 98.7 Å². The van der Waals surface area contributed by atoms with Crippen LogP contribution in [0.5, 0.6) is 0 Å². The molecule has 0 aliphatic carbocycles. The monoisotopic (exact) mass is 872 g/mol. The van der Waals surface area contributed by atoms with Gasteiger partial charge in [0.15, 0.2) is 6.29 Å². The van der Waals surface area contributed by atoms with Gasteiger partial charge < -0.3 is 45.4 Å². The van der Waals surface area contributed by atoms with Gasteiger partial charge in [0, 0.05) is 6.42 Å². The smallest absolute Gasteiger partial charge is 0.220 e. The van der Waals surface area contributed by atoms with Crippen molar-refractivity contribution in [3.63, 3.8) is 0 Å². The van der Waals surface area contributed by atoms with Crippen molar-refractivity contribution >= 4 is 5.91 Å². The quantitative estimate of drug-likeness (QED) is 0.0295. The Morgan fingerprint density at radius 1 is 0.508 bits per heavy atom. The second-order valence-corrected chi connectivity index (χ2v) is 18.8. The number of amides is 1. The van der Waals surface area contributed by atoms with Crippen molar-refractivity contribution in [3.8, 4) is 0 Å². The van der Waals surface area contributed by atoms with E-state index >= 15 is 0 Å². The van der Waals surface area contributed by atoms with Gasteiger partial charge in [-0.1, -0.05) is 239 Å². The van der Waals surface area contributed by atoms with Crippen LogP contribution < -0.4 is 5.32 Å². The van der Waals surface area contributed by atoms with Gasteiger partial charge in [-0.3, -0.25) is 4.79 Å². The van der Waals surface area contributed by atoms with Crippen LogP contribution in [0.3, 0.4) is 0 Å². The third kappa shape index (κ3) is 31.6. The molecule has 8 atom stereocenters. The average Bonchev–Trinajstić information content (AvgIpc) is 3.26. The van der Waals surface area contributed by atoms with Crippen LogP contribution in [0.15, 0.2) is 0 Å². The highest BCUT2D eigenvalue weighted by Crippen LogP contribution is 2.23. The number of carbonyl (C=O) groups excluding carboxylic acids is 1. The summed E-state index contributed by atoms with van der Waals surface area (Å²) >= 11 is 0. The van der Waals surface area contributed by atoms with Crippen LogP contribution in [0.25, 0.3) is 0 Å². The normalized spacial score (nSPS) is 20.8. The first-order chi connectivity index (χ1) is 29.8. The molecule has 0 saturated carbocycles. The largest absolute Gasteiger partial charge is 0.394 e. The van der Waals surface area contributed by atoms with Crippen LogP contribution >= 0.6 is 0 Å². The predicted octanol–water partition coefficient (Wildman–Crippen LogP) is 10.9. The first-order valence-corrected chi connectivity index (χ1v) is 26.3. The number of aliphatic hydroxyl groups excluding tert-OH is 6. The fourth-order valence-corrected chi connectivity index (χ4v) is 8.79. The molecule has 2 unspecified atom stereocenters. The van der Waals surface area contributed by atoms with Crippen LogP contribution in [-0.2, 0) is 14.3 Å². The lowest BCUT2D eigenvalue weighted by atomic mass is 9.98. The van der Waals surface area contributed by atoms with Crippen molar-refractivity contribution in [1.82, 2.24) is 5.32 Å². The Balaban J connectivity index is 2.22. The Morgan fingerprint density at radius 3 is 1.21 bits per heavy atom. The third-order valence-electron chi connectivity index (χ3n) is 13.1. The zero-order valence-electron chi connectivity index (χ0n) is 39.8. The molecule has 10 heteroatoms. The van der Waals surface area contributed by atoms with Crippen LogP contribution in [0.4, 0.5) is 0 Å². The minimum Gasteiger partial charge on any atom is -0.394 e. The molecular formula is C51H101NO9. The molecule has 1 heterocycles. The molecule has 364 valence electrons. The van der Waals surface area contributed by atoms with E-state index in [1.54, 1.807) is 0 Å². The van der Waals surface area contributed by atoms with E-state index < -0.39 is 55.6 Å². The molecule has 1 aliphatic heterocycles. The third-order valence-corrected chi connectivity index (χ3v) is 13.1. The van der Waals surface area contributed by atoms with Crippen molar-refractivity contribution < 1.29 is 44.9 Å². The van der Waals surface area contributed by atoms with E-state index in [2.05, 4.69) is 19.2 Å². The number of carbonyl (C=O) groups is 1. The second kappa shape index (κ2) is 41.8. The van der Waals surface area contributed by atoms with Crippen molar-refractivity contribution in [2.75, 3.05) is 13.2 Å². The van der Waals surface area contributed by atoms with Gasteiger partial charge in [0.05, 0.1) is 25.4 Å². The number of aliphatic hydroxyl groups is 6. The number of ether oxygens (including phenoxy) is 2. The zero-order valence-corrected chi connectivity index (χ0v) is 39.8. The number of nitrogens with one attached hydrogen (secondary N) is 1. The minimum absolute atomic E-state index is 0.252. The zero-order chi connectivity index (χ0) is 44.6. The summed E-state index contributed by atoms with van der Waals surface area (Å²) in [7, 11) is 0. The Morgan fingerprint density at radius 2 is 0.852 bits per heavy atom. The molecule has 7 N–H and O–H groups in total. The summed E-state index contributed by atoms with van der Waals surface area (Å²) in [5.41, 5.74) is 0. The van der Waals surface area contributed by atoms with E-state index in [9.17, 15) is 35.4 Å². The van der Waals surface area contributed by atoms with Crippen LogP contribution in [0, 0.1) is 0 Å². The molecule has 0 aromatic carbocycles. The van der Waals surface area contributed by atoms with Crippen molar-refractivity contribution in [3.05, 3.63) is 0 Å². The minimum atomic E-state index is -1.60. The van der Waals surface area contributed by atoms with Gasteiger partial charge in [-0.05, 0) is 12.8 Å². The second-order valence-electron chi connectivity index (χ2n) is 18.8. The van der Waals surface area contributed by atoms with E-state index in [1.165, 1.54) is 186 Å². The van der Waals surface area contributed by atoms with E-state index in [1.807, 2.05) is 0 Å². The van der Waals surface area contributed by atoms with Crippen molar-refractivity contribution in [2.24, 2.45) is 0 Å². The average molecular weight is 872 g/mol. The Kier molecular flexibility index (Phi) is 39.9.